The van der Waals surface area contributed by atoms with Gasteiger partial charge in [0.05, 0.1) is 12.6 Å². The third-order valence-corrected chi connectivity index (χ3v) is 6.17. The maximum absolute atomic E-state index is 13.2. The van der Waals surface area contributed by atoms with E-state index >= 15 is 0 Å². The van der Waals surface area contributed by atoms with Crippen LogP contribution in [0.3, 0.4) is 0 Å². The van der Waals surface area contributed by atoms with Gasteiger partial charge in [0.2, 0.25) is 0 Å². The number of hydrogen-bond acceptors (Lipinski definition) is 6. The summed E-state index contributed by atoms with van der Waals surface area (Å²) in [5.74, 6) is 0.627. The Morgan fingerprint density at radius 2 is 1.91 bits per heavy atom. The van der Waals surface area contributed by atoms with Crippen molar-refractivity contribution in [3.05, 3.63) is 87.5 Å². The van der Waals surface area contributed by atoms with Crippen LogP contribution in [0.15, 0.2) is 59.4 Å². The summed E-state index contributed by atoms with van der Waals surface area (Å²) in [7, 11) is 0. The number of aryl methyl sites for hydroxylation is 1. The molecule has 1 saturated heterocycles. The molecule has 8 nitrogen and oxygen atoms in total. The van der Waals surface area contributed by atoms with Crippen LogP contribution in [0.2, 0.25) is 0 Å². The molecule has 0 saturated carbocycles. The molecule has 4 aromatic rings. The first-order valence-corrected chi connectivity index (χ1v) is 10.9. The molecule has 5 rings (SSSR count). The van der Waals surface area contributed by atoms with Gasteiger partial charge in [0.25, 0.3) is 5.56 Å². The normalized spacial score (nSPS) is 16.4. The average molecular weight is 431 g/mol. The Balaban J connectivity index is 1.61. The number of likely N-dealkylation sites (tertiary alicyclic amines) is 1. The quantitative estimate of drug-likeness (QED) is 0.504. The number of rotatable bonds is 5. The number of aliphatic hydroxyl groups excluding tert-OH is 1. The monoisotopic (exact) mass is 430 g/mol. The number of fused-ring (bicyclic) bond motifs is 1. The van der Waals surface area contributed by atoms with Crippen molar-refractivity contribution >= 4 is 10.9 Å². The maximum atomic E-state index is 13.2. The molecule has 1 aliphatic rings. The number of hydrogen-bond donors (Lipinski definition) is 2. The van der Waals surface area contributed by atoms with Crippen molar-refractivity contribution in [1.82, 2.24) is 30.1 Å². The van der Waals surface area contributed by atoms with Crippen LogP contribution >= 0.6 is 0 Å². The standard InChI is InChI=1S/C24H26N6O2/c1-16-7-8-18-14-20(24(32)25-21(18)13-16)22(29-11-9-19(31)10-12-29)23-26-27-28-30(23)15-17-5-3-2-4-6-17/h2-8,13-14,19,22,31H,9-12,15H2,1H3,(H,25,32)/t22-/m1/s1. The molecule has 0 unspecified atom stereocenters. The van der Waals surface area contributed by atoms with Crippen LogP contribution in [-0.2, 0) is 6.54 Å². The SMILES string of the molecule is Cc1ccc2cc([C@H](c3nnnn3Cc3ccccc3)N3CCC(O)CC3)c(=O)[nH]c2c1. The highest BCUT2D eigenvalue weighted by atomic mass is 16.3. The van der Waals surface area contributed by atoms with E-state index in [1.165, 1.54) is 0 Å². The molecule has 0 radical (unpaired) electrons. The molecule has 0 amide bonds. The fraction of sp³-hybridized carbons (Fsp3) is 0.333. The minimum absolute atomic E-state index is 0.145. The van der Waals surface area contributed by atoms with Crippen molar-refractivity contribution in [3.8, 4) is 0 Å². The van der Waals surface area contributed by atoms with Gasteiger partial charge in [0.15, 0.2) is 5.82 Å². The molecule has 0 aliphatic carbocycles. The van der Waals surface area contributed by atoms with E-state index in [1.807, 2.05) is 61.5 Å². The molecule has 0 spiro atoms. The van der Waals surface area contributed by atoms with Gasteiger partial charge in [-0.2, -0.15) is 0 Å². The van der Waals surface area contributed by atoms with Crippen molar-refractivity contribution < 1.29 is 5.11 Å². The molecule has 8 heteroatoms. The van der Waals surface area contributed by atoms with Gasteiger partial charge in [-0.3, -0.25) is 9.69 Å². The highest BCUT2D eigenvalue weighted by molar-refractivity contribution is 5.79. The number of nitrogens with zero attached hydrogens (tertiary/aromatic N) is 5. The zero-order valence-electron chi connectivity index (χ0n) is 18.0. The van der Waals surface area contributed by atoms with Crippen LogP contribution in [0.4, 0.5) is 0 Å². The average Bonchev–Trinajstić information content (AvgIpc) is 3.24. The van der Waals surface area contributed by atoms with Crippen LogP contribution in [-0.4, -0.2) is 54.4 Å². The number of aromatic amines is 1. The first-order chi connectivity index (χ1) is 15.6. The summed E-state index contributed by atoms with van der Waals surface area (Å²) in [5.41, 5.74) is 3.46. The zero-order valence-corrected chi connectivity index (χ0v) is 18.0. The summed E-state index contributed by atoms with van der Waals surface area (Å²) in [5, 5.41) is 23.6. The van der Waals surface area contributed by atoms with E-state index in [4.69, 9.17) is 0 Å². The molecule has 1 atom stereocenters. The molecule has 0 bridgehead atoms. The van der Waals surface area contributed by atoms with E-state index in [1.54, 1.807) is 4.68 Å². The first-order valence-electron chi connectivity index (χ1n) is 10.9. The fourth-order valence-corrected chi connectivity index (χ4v) is 4.45. The second-order valence-electron chi connectivity index (χ2n) is 8.49. The third-order valence-electron chi connectivity index (χ3n) is 6.17. The van der Waals surface area contributed by atoms with Gasteiger partial charge in [0, 0.05) is 24.2 Å². The molecule has 32 heavy (non-hydrogen) atoms. The van der Waals surface area contributed by atoms with Gasteiger partial charge >= 0.3 is 0 Å². The van der Waals surface area contributed by atoms with Crippen LogP contribution in [0.5, 0.6) is 0 Å². The van der Waals surface area contributed by atoms with Crippen molar-refractivity contribution in [3.63, 3.8) is 0 Å². The lowest BCUT2D eigenvalue weighted by molar-refractivity contribution is 0.0659. The van der Waals surface area contributed by atoms with Gasteiger partial charge in [-0.25, -0.2) is 4.68 Å². The Kier molecular flexibility index (Phi) is 5.55. The van der Waals surface area contributed by atoms with Crippen molar-refractivity contribution in [2.45, 2.75) is 38.5 Å². The van der Waals surface area contributed by atoms with Crippen LogP contribution in [0, 0.1) is 6.92 Å². The topological polar surface area (TPSA) is 99.9 Å². The fourth-order valence-electron chi connectivity index (χ4n) is 4.45. The van der Waals surface area contributed by atoms with E-state index in [2.05, 4.69) is 25.4 Å². The molecule has 164 valence electrons. The van der Waals surface area contributed by atoms with Crippen molar-refractivity contribution in [2.24, 2.45) is 0 Å². The highest BCUT2D eigenvalue weighted by Gasteiger charge is 2.32. The van der Waals surface area contributed by atoms with Gasteiger partial charge < -0.3 is 10.1 Å². The number of tetrazole rings is 1. The van der Waals surface area contributed by atoms with Crippen LogP contribution in [0.1, 0.15) is 41.4 Å². The second-order valence-corrected chi connectivity index (χ2v) is 8.49. The molecule has 2 aromatic heterocycles. The lowest BCUT2D eigenvalue weighted by Gasteiger charge is -2.35. The van der Waals surface area contributed by atoms with Crippen LogP contribution < -0.4 is 5.56 Å². The summed E-state index contributed by atoms with van der Waals surface area (Å²) in [6, 6.07) is 17.6. The zero-order chi connectivity index (χ0) is 22.1. The van der Waals surface area contributed by atoms with E-state index in [0.717, 1.165) is 22.0 Å². The Morgan fingerprint density at radius 1 is 1.12 bits per heavy atom. The van der Waals surface area contributed by atoms with Gasteiger partial charge in [-0.05, 0) is 58.8 Å². The number of H-pyrrole nitrogens is 1. The van der Waals surface area contributed by atoms with E-state index in [-0.39, 0.29) is 11.7 Å². The summed E-state index contributed by atoms with van der Waals surface area (Å²) < 4.78 is 1.77. The number of aliphatic hydroxyl groups is 1. The lowest BCUT2D eigenvalue weighted by Crippen LogP contribution is -2.41. The Bertz CT molecular complexity index is 1270. The number of pyridine rings is 1. The van der Waals surface area contributed by atoms with Crippen molar-refractivity contribution in [2.75, 3.05) is 13.1 Å². The number of piperidine rings is 1. The van der Waals surface area contributed by atoms with E-state index < -0.39 is 6.04 Å². The minimum Gasteiger partial charge on any atom is -0.393 e. The highest BCUT2D eigenvalue weighted by Crippen LogP contribution is 2.29. The molecular weight excluding hydrogens is 404 g/mol. The lowest BCUT2D eigenvalue weighted by atomic mass is 9.99. The molecule has 2 N–H and O–H groups in total. The van der Waals surface area contributed by atoms with Gasteiger partial charge in [-0.15, -0.1) is 5.10 Å². The predicted octanol–water partition coefficient (Wildman–Crippen LogP) is 2.42. The molecule has 2 aromatic carbocycles. The molecule has 1 fully saturated rings. The molecule has 1 aliphatic heterocycles. The molecular formula is C24H26N6O2. The molecule has 3 heterocycles. The van der Waals surface area contributed by atoms with Gasteiger partial charge in [0.1, 0.15) is 6.04 Å². The Morgan fingerprint density at radius 3 is 2.69 bits per heavy atom. The van der Waals surface area contributed by atoms with E-state index in [9.17, 15) is 9.90 Å². The van der Waals surface area contributed by atoms with Gasteiger partial charge in [-0.1, -0.05) is 42.5 Å². The minimum atomic E-state index is -0.407. The third kappa shape index (κ3) is 4.06. The second kappa shape index (κ2) is 8.64. The summed E-state index contributed by atoms with van der Waals surface area (Å²) in [4.78, 5) is 18.5. The van der Waals surface area contributed by atoms with Crippen molar-refractivity contribution in [1.29, 1.82) is 0 Å². The largest absolute Gasteiger partial charge is 0.393 e. The summed E-state index contributed by atoms with van der Waals surface area (Å²) >= 11 is 0. The Labute approximate surface area is 185 Å². The Hall–Kier alpha value is -3.36. The number of aromatic nitrogens is 5. The smallest absolute Gasteiger partial charge is 0.253 e. The van der Waals surface area contributed by atoms with Crippen LogP contribution in [0.25, 0.3) is 10.9 Å². The van der Waals surface area contributed by atoms with E-state index in [0.29, 0.717) is 43.9 Å². The first kappa shape index (κ1) is 20.5. The maximum Gasteiger partial charge on any atom is 0.253 e. The number of benzene rings is 2. The summed E-state index contributed by atoms with van der Waals surface area (Å²) in [6.07, 6.45) is 0.994. The number of nitrogens with one attached hydrogen (secondary N) is 1. The predicted molar refractivity (Wildman–Crippen MR) is 121 cm³/mol. The summed E-state index contributed by atoms with van der Waals surface area (Å²) in [6.45, 7) is 3.84.